The monoisotopic (exact) mass is 684 g/mol. The van der Waals surface area contributed by atoms with Crippen LogP contribution in [-0.2, 0) is 0 Å². The molecule has 52 heavy (non-hydrogen) atoms. The molecule has 0 amide bonds. The summed E-state index contributed by atoms with van der Waals surface area (Å²) in [6.45, 7) is 0. The Bertz CT molecular complexity index is 2870. The van der Waals surface area contributed by atoms with Crippen LogP contribution >= 0.6 is 11.3 Å². The van der Waals surface area contributed by atoms with Crippen LogP contribution in [0.25, 0.3) is 99.1 Å². The fourth-order valence-electron chi connectivity index (χ4n) is 6.83. The quantitative estimate of drug-likeness (QED) is 0.174. The molecule has 0 N–H and O–H groups in total. The highest BCUT2D eigenvalue weighted by atomic mass is 32.1. The van der Waals surface area contributed by atoms with E-state index >= 15 is 0 Å². The van der Waals surface area contributed by atoms with Gasteiger partial charge in [-0.25, -0.2) is 19.9 Å². The largest absolute Gasteiger partial charge is 0.436 e. The third-order valence-corrected chi connectivity index (χ3v) is 10.7. The second kappa shape index (κ2) is 12.5. The van der Waals surface area contributed by atoms with Crippen molar-refractivity contribution in [2.45, 2.75) is 0 Å². The Morgan fingerprint density at radius 3 is 1.69 bits per heavy atom. The Kier molecular flexibility index (Phi) is 7.25. The zero-order valence-corrected chi connectivity index (χ0v) is 28.6. The average Bonchev–Trinajstić information content (AvgIpc) is 3.83. The first-order valence-electron chi connectivity index (χ1n) is 17.1. The number of hydrogen-bond donors (Lipinski definition) is 0. The molecule has 0 unspecified atom stereocenters. The van der Waals surface area contributed by atoms with Gasteiger partial charge in [0, 0.05) is 36.9 Å². The van der Waals surface area contributed by atoms with Gasteiger partial charge in [0.15, 0.2) is 23.1 Å². The van der Waals surface area contributed by atoms with E-state index in [1.54, 1.807) is 11.3 Å². The number of aromatic nitrogens is 4. The van der Waals surface area contributed by atoms with Gasteiger partial charge in [-0.2, -0.15) is 0 Å². The molecule has 244 valence electrons. The van der Waals surface area contributed by atoms with E-state index in [4.69, 9.17) is 24.4 Å². The molecule has 0 radical (unpaired) electrons. The number of hydrogen-bond acceptors (Lipinski definition) is 6. The SMILES string of the molecule is c1ccc(-c2cccc(-c3nc(-c4ccccc4)nc(-c4cccc5c4sc4c(-c6nc7ccccc7o6)cc(-c6ccccc6)cc45)n3)c2)cc1. The van der Waals surface area contributed by atoms with Crippen molar-refractivity contribution in [3.05, 3.63) is 170 Å². The zero-order valence-electron chi connectivity index (χ0n) is 27.8. The van der Waals surface area contributed by atoms with Crippen molar-refractivity contribution >= 4 is 42.6 Å². The van der Waals surface area contributed by atoms with Gasteiger partial charge in [0.2, 0.25) is 5.89 Å². The summed E-state index contributed by atoms with van der Waals surface area (Å²) < 4.78 is 8.59. The molecule has 3 aromatic heterocycles. The van der Waals surface area contributed by atoms with E-state index in [2.05, 4.69) is 103 Å². The summed E-state index contributed by atoms with van der Waals surface area (Å²) in [5.41, 5.74) is 9.84. The number of para-hydroxylation sites is 2. The molecule has 0 bridgehead atoms. The summed E-state index contributed by atoms with van der Waals surface area (Å²) in [4.78, 5) is 20.3. The maximum absolute atomic E-state index is 6.40. The van der Waals surface area contributed by atoms with E-state index in [1.807, 2.05) is 66.7 Å². The van der Waals surface area contributed by atoms with E-state index in [9.17, 15) is 0 Å². The van der Waals surface area contributed by atoms with E-state index in [0.717, 1.165) is 75.8 Å². The van der Waals surface area contributed by atoms with Gasteiger partial charge in [-0.05, 0) is 58.7 Å². The molecule has 0 saturated carbocycles. The molecule has 0 aliphatic carbocycles. The van der Waals surface area contributed by atoms with E-state index in [-0.39, 0.29) is 0 Å². The fourth-order valence-corrected chi connectivity index (χ4v) is 8.13. The molecule has 0 saturated heterocycles. The molecule has 3 heterocycles. The first kappa shape index (κ1) is 30.1. The lowest BCUT2D eigenvalue weighted by Crippen LogP contribution is -2.00. The summed E-state index contributed by atoms with van der Waals surface area (Å²) in [5, 5.41) is 2.26. The van der Waals surface area contributed by atoms with Crippen molar-refractivity contribution in [2.75, 3.05) is 0 Å². The fraction of sp³-hybridized carbons (Fsp3) is 0. The van der Waals surface area contributed by atoms with Crippen LogP contribution in [0.5, 0.6) is 0 Å². The minimum atomic E-state index is 0.601. The molecule has 6 heteroatoms. The molecule has 5 nitrogen and oxygen atoms in total. The van der Waals surface area contributed by atoms with Crippen LogP contribution in [0, 0.1) is 0 Å². The molecule has 0 aliphatic heterocycles. The number of benzene rings is 7. The second-order valence-corrected chi connectivity index (χ2v) is 13.7. The molecule has 10 rings (SSSR count). The molecule has 10 aromatic rings. The first-order chi connectivity index (χ1) is 25.7. The Morgan fingerprint density at radius 1 is 0.365 bits per heavy atom. The van der Waals surface area contributed by atoms with Crippen molar-refractivity contribution in [1.29, 1.82) is 0 Å². The summed E-state index contributed by atoms with van der Waals surface area (Å²) in [6, 6.07) is 58.2. The highest BCUT2D eigenvalue weighted by Gasteiger charge is 2.21. The van der Waals surface area contributed by atoms with E-state index in [1.165, 1.54) is 0 Å². The average molecular weight is 685 g/mol. The predicted octanol–water partition coefficient (Wildman–Crippen LogP) is 12.4. The standard InChI is InChI=1S/C46H28N4OS/c1-4-14-29(15-5-1)32-20-12-21-33(26-32)44-48-43(31-18-8-3-9-19-31)49-45(50-44)36-23-13-22-35-37-27-34(30-16-6-2-7-17-30)28-38(42(37)52-41(35)36)46-47-39-24-10-11-25-40(39)51-46/h1-28H. The molecule has 0 aliphatic rings. The molecule has 0 spiro atoms. The lowest BCUT2D eigenvalue weighted by atomic mass is 9.99. The van der Waals surface area contributed by atoms with Crippen LogP contribution in [0.3, 0.4) is 0 Å². The van der Waals surface area contributed by atoms with Gasteiger partial charge in [0.05, 0.1) is 5.56 Å². The topological polar surface area (TPSA) is 64.7 Å². The van der Waals surface area contributed by atoms with Crippen LogP contribution in [0.2, 0.25) is 0 Å². The summed E-state index contributed by atoms with van der Waals surface area (Å²) in [6.07, 6.45) is 0. The summed E-state index contributed by atoms with van der Waals surface area (Å²) in [7, 11) is 0. The van der Waals surface area contributed by atoms with Gasteiger partial charge in [-0.1, -0.05) is 133 Å². The van der Waals surface area contributed by atoms with Gasteiger partial charge in [-0.3, -0.25) is 0 Å². The third-order valence-electron chi connectivity index (χ3n) is 9.37. The van der Waals surface area contributed by atoms with Crippen molar-refractivity contribution in [1.82, 2.24) is 19.9 Å². The van der Waals surface area contributed by atoms with Gasteiger partial charge >= 0.3 is 0 Å². The highest BCUT2D eigenvalue weighted by Crippen LogP contribution is 2.46. The van der Waals surface area contributed by atoms with Crippen LogP contribution in [0.1, 0.15) is 0 Å². The van der Waals surface area contributed by atoms with Crippen molar-refractivity contribution in [2.24, 2.45) is 0 Å². The van der Waals surface area contributed by atoms with Gasteiger partial charge < -0.3 is 4.42 Å². The maximum Gasteiger partial charge on any atom is 0.228 e. The number of fused-ring (bicyclic) bond motifs is 4. The smallest absolute Gasteiger partial charge is 0.228 e. The van der Waals surface area contributed by atoms with Gasteiger partial charge in [0.1, 0.15) is 5.52 Å². The zero-order chi connectivity index (χ0) is 34.4. The van der Waals surface area contributed by atoms with Crippen LogP contribution in [0.4, 0.5) is 0 Å². The Morgan fingerprint density at radius 2 is 0.942 bits per heavy atom. The van der Waals surface area contributed by atoms with Crippen LogP contribution < -0.4 is 0 Å². The lowest BCUT2D eigenvalue weighted by Gasteiger charge is -2.10. The van der Waals surface area contributed by atoms with Gasteiger partial charge in [0.25, 0.3) is 0 Å². The normalized spacial score (nSPS) is 11.5. The Labute approximate surface area is 303 Å². The van der Waals surface area contributed by atoms with Gasteiger partial charge in [-0.15, -0.1) is 11.3 Å². The predicted molar refractivity (Wildman–Crippen MR) is 213 cm³/mol. The molecular weight excluding hydrogens is 657 g/mol. The van der Waals surface area contributed by atoms with Crippen LogP contribution in [-0.4, -0.2) is 19.9 Å². The molecule has 7 aromatic carbocycles. The number of thiophene rings is 1. The Balaban J connectivity index is 1.21. The molecule has 0 atom stereocenters. The third kappa shape index (κ3) is 5.34. The number of oxazole rings is 1. The van der Waals surface area contributed by atoms with Crippen molar-refractivity contribution in [3.63, 3.8) is 0 Å². The number of nitrogens with zero attached hydrogens (tertiary/aromatic N) is 4. The van der Waals surface area contributed by atoms with E-state index in [0.29, 0.717) is 23.4 Å². The second-order valence-electron chi connectivity index (χ2n) is 12.7. The highest BCUT2D eigenvalue weighted by molar-refractivity contribution is 7.26. The maximum atomic E-state index is 6.40. The summed E-state index contributed by atoms with van der Waals surface area (Å²) in [5.74, 6) is 2.47. The minimum Gasteiger partial charge on any atom is -0.436 e. The number of rotatable bonds is 6. The first-order valence-corrected chi connectivity index (χ1v) is 18.0. The Hall–Kier alpha value is -6.76. The summed E-state index contributed by atoms with van der Waals surface area (Å²) >= 11 is 1.72. The van der Waals surface area contributed by atoms with E-state index < -0.39 is 0 Å². The minimum absolute atomic E-state index is 0.601. The van der Waals surface area contributed by atoms with Crippen LogP contribution in [0.15, 0.2) is 174 Å². The molecular formula is C46H28N4OS. The lowest BCUT2D eigenvalue weighted by molar-refractivity contribution is 0.621. The molecule has 0 fully saturated rings. The van der Waals surface area contributed by atoms with Crippen molar-refractivity contribution in [3.8, 4) is 67.9 Å². The van der Waals surface area contributed by atoms with Crippen molar-refractivity contribution < 1.29 is 4.42 Å².